The van der Waals surface area contributed by atoms with Gasteiger partial charge in [0.2, 0.25) is 5.91 Å². The van der Waals surface area contributed by atoms with E-state index in [2.05, 4.69) is 15.3 Å². The topological polar surface area (TPSA) is 83.8 Å². The molecule has 2 rings (SSSR count). The van der Waals surface area contributed by atoms with Crippen molar-refractivity contribution in [3.8, 4) is 0 Å². The molecular formula is C13H19ClN4O. The number of rotatable bonds is 4. The Morgan fingerprint density at radius 3 is 2.95 bits per heavy atom. The minimum absolute atomic E-state index is 0. The van der Waals surface area contributed by atoms with E-state index in [0.29, 0.717) is 13.0 Å². The molecule has 0 aliphatic heterocycles. The van der Waals surface area contributed by atoms with E-state index in [-0.39, 0.29) is 18.3 Å². The minimum atomic E-state index is -0.391. The maximum absolute atomic E-state index is 11.8. The number of carbonyl (C=O) groups excluding carboxylic acids is 1. The average molecular weight is 283 g/mol. The number of aromatic amines is 1. The fourth-order valence-corrected chi connectivity index (χ4v) is 1.72. The molecule has 2 aromatic rings. The zero-order valence-electron chi connectivity index (χ0n) is 11.1. The molecule has 0 bridgehead atoms. The van der Waals surface area contributed by atoms with Gasteiger partial charge in [-0.25, -0.2) is 4.98 Å². The van der Waals surface area contributed by atoms with Gasteiger partial charge < -0.3 is 16.0 Å². The van der Waals surface area contributed by atoms with Crippen LogP contribution in [0, 0.1) is 0 Å². The molecule has 104 valence electrons. The van der Waals surface area contributed by atoms with Crippen LogP contribution in [0.2, 0.25) is 0 Å². The molecule has 0 unspecified atom stereocenters. The Balaban J connectivity index is 0.00000180. The second kappa shape index (κ2) is 6.04. The van der Waals surface area contributed by atoms with Gasteiger partial charge in [0.25, 0.3) is 0 Å². The van der Waals surface area contributed by atoms with Gasteiger partial charge in [0.15, 0.2) is 0 Å². The van der Waals surface area contributed by atoms with Gasteiger partial charge in [-0.2, -0.15) is 0 Å². The van der Waals surface area contributed by atoms with E-state index in [1.54, 1.807) is 6.20 Å². The first-order chi connectivity index (χ1) is 8.46. The Hall–Kier alpha value is -1.59. The fraction of sp³-hybridized carbons (Fsp3) is 0.385. The summed E-state index contributed by atoms with van der Waals surface area (Å²) in [5.41, 5.74) is 7.18. The molecule has 0 saturated heterocycles. The molecule has 4 N–H and O–H groups in total. The number of amides is 1. The number of pyridine rings is 1. The number of carbonyl (C=O) groups is 1. The molecule has 19 heavy (non-hydrogen) atoms. The lowest BCUT2D eigenvalue weighted by Crippen LogP contribution is -2.45. The molecule has 0 atom stereocenters. The summed E-state index contributed by atoms with van der Waals surface area (Å²) in [5, 5.41) is 3.81. The van der Waals surface area contributed by atoms with Crippen molar-refractivity contribution in [3.63, 3.8) is 0 Å². The van der Waals surface area contributed by atoms with Gasteiger partial charge in [0.1, 0.15) is 5.65 Å². The number of H-pyrrole nitrogens is 1. The number of fused-ring (bicyclic) bond motifs is 1. The molecule has 0 fully saturated rings. The van der Waals surface area contributed by atoms with Gasteiger partial charge in [0, 0.05) is 29.9 Å². The molecule has 0 spiro atoms. The number of halogens is 1. The Labute approximate surface area is 118 Å². The average Bonchev–Trinajstić information content (AvgIpc) is 2.70. The second-order valence-electron chi connectivity index (χ2n) is 5.16. The van der Waals surface area contributed by atoms with E-state index in [9.17, 15) is 4.79 Å². The number of nitrogens with two attached hydrogens (primary N) is 1. The minimum Gasteiger partial charge on any atom is -0.354 e. The highest BCUT2D eigenvalue weighted by molar-refractivity contribution is 5.87. The lowest BCUT2D eigenvalue weighted by atomic mass is 10.1. The highest BCUT2D eigenvalue weighted by Crippen LogP contribution is 2.15. The van der Waals surface area contributed by atoms with Crippen molar-refractivity contribution in [2.24, 2.45) is 5.73 Å². The summed E-state index contributed by atoms with van der Waals surface area (Å²) >= 11 is 0. The molecule has 5 nitrogen and oxygen atoms in total. The predicted molar refractivity (Wildman–Crippen MR) is 78.3 cm³/mol. The largest absolute Gasteiger partial charge is 0.354 e. The lowest BCUT2D eigenvalue weighted by Gasteiger charge is -2.18. The van der Waals surface area contributed by atoms with Crippen LogP contribution in [0.5, 0.6) is 0 Å². The van der Waals surface area contributed by atoms with Crippen LogP contribution in [0.15, 0.2) is 24.5 Å². The van der Waals surface area contributed by atoms with Gasteiger partial charge in [-0.15, -0.1) is 12.4 Å². The highest BCUT2D eigenvalue weighted by atomic mass is 35.5. The van der Waals surface area contributed by atoms with Crippen molar-refractivity contribution < 1.29 is 4.79 Å². The molecule has 2 heterocycles. The highest BCUT2D eigenvalue weighted by Gasteiger charge is 2.13. The maximum Gasteiger partial charge on any atom is 0.224 e. The first kappa shape index (κ1) is 15.5. The molecule has 2 aromatic heterocycles. The molecular weight excluding hydrogens is 264 g/mol. The van der Waals surface area contributed by atoms with Crippen molar-refractivity contribution >= 4 is 29.3 Å². The molecule has 0 aliphatic carbocycles. The van der Waals surface area contributed by atoms with Crippen LogP contribution < -0.4 is 11.1 Å². The third-order valence-corrected chi connectivity index (χ3v) is 2.63. The van der Waals surface area contributed by atoms with E-state index >= 15 is 0 Å². The van der Waals surface area contributed by atoms with Crippen LogP contribution in [-0.2, 0) is 11.2 Å². The Morgan fingerprint density at radius 1 is 1.53 bits per heavy atom. The van der Waals surface area contributed by atoms with Crippen molar-refractivity contribution in [2.75, 3.05) is 6.54 Å². The molecule has 0 aliphatic rings. The quantitative estimate of drug-likeness (QED) is 0.792. The third-order valence-electron chi connectivity index (χ3n) is 2.63. The van der Waals surface area contributed by atoms with Crippen molar-refractivity contribution in [3.05, 3.63) is 30.1 Å². The van der Waals surface area contributed by atoms with Crippen LogP contribution >= 0.6 is 12.4 Å². The van der Waals surface area contributed by atoms with E-state index < -0.39 is 5.54 Å². The number of hydrogen-bond acceptors (Lipinski definition) is 3. The number of aromatic nitrogens is 2. The summed E-state index contributed by atoms with van der Waals surface area (Å²) < 4.78 is 0. The maximum atomic E-state index is 11.8. The Kier molecular flexibility index (Phi) is 4.91. The van der Waals surface area contributed by atoms with Crippen LogP contribution in [0.3, 0.4) is 0 Å². The number of hydrogen-bond donors (Lipinski definition) is 3. The summed E-state index contributed by atoms with van der Waals surface area (Å²) in [6.45, 7) is 4.22. The summed E-state index contributed by atoms with van der Waals surface area (Å²) in [6.07, 6.45) is 3.88. The van der Waals surface area contributed by atoms with Crippen molar-refractivity contribution in [1.29, 1.82) is 0 Å². The van der Waals surface area contributed by atoms with Crippen LogP contribution in [0.25, 0.3) is 11.0 Å². The first-order valence-electron chi connectivity index (χ1n) is 5.92. The molecule has 0 aromatic carbocycles. The van der Waals surface area contributed by atoms with Crippen LogP contribution in [0.4, 0.5) is 0 Å². The van der Waals surface area contributed by atoms with Crippen molar-refractivity contribution in [2.45, 2.75) is 25.8 Å². The van der Waals surface area contributed by atoms with E-state index in [1.807, 2.05) is 32.2 Å². The zero-order valence-corrected chi connectivity index (χ0v) is 11.9. The molecule has 0 radical (unpaired) electrons. The van der Waals surface area contributed by atoms with E-state index in [0.717, 1.165) is 16.6 Å². The zero-order chi connectivity index (χ0) is 13.2. The summed E-state index contributed by atoms with van der Waals surface area (Å²) in [4.78, 5) is 19.0. The van der Waals surface area contributed by atoms with Crippen LogP contribution in [-0.4, -0.2) is 28.0 Å². The first-order valence-corrected chi connectivity index (χ1v) is 5.92. The number of nitrogens with zero attached hydrogens (tertiary/aromatic N) is 1. The summed E-state index contributed by atoms with van der Waals surface area (Å²) in [7, 11) is 0. The lowest BCUT2D eigenvalue weighted by molar-refractivity contribution is -0.120. The normalized spacial score (nSPS) is 11.1. The Morgan fingerprint density at radius 2 is 2.26 bits per heavy atom. The SMILES string of the molecule is CC(C)(N)CNC(=O)Cc1c[nH]c2ncccc12.Cl. The number of nitrogens with one attached hydrogen (secondary N) is 2. The molecule has 1 amide bonds. The van der Waals surface area contributed by atoms with E-state index in [4.69, 9.17) is 5.73 Å². The monoisotopic (exact) mass is 282 g/mol. The smallest absolute Gasteiger partial charge is 0.224 e. The van der Waals surface area contributed by atoms with Gasteiger partial charge in [-0.1, -0.05) is 0 Å². The van der Waals surface area contributed by atoms with Crippen LogP contribution in [0.1, 0.15) is 19.4 Å². The van der Waals surface area contributed by atoms with Crippen molar-refractivity contribution in [1.82, 2.24) is 15.3 Å². The molecule has 6 heteroatoms. The summed E-state index contributed by atoms with van der Waals surface area (Å²) in [6, 6.07) is 3.81. The van der Waals surface area contributed by atoms with Gasteiger partial charge in [-0.3, -0.25) is 4.79 Å². The third kappa shape index (κ3) is 4.22. The van der Waals surface area contributed by atoms with Gasteiger partial charge in [-0.05, 0) is 31.5 Å². The second-order valence-corrected chi connectivity index (χ2v) is 5.16. The summed E-state index contributed by atoms with van der Waals surface area (Å²) in [5.74, 6) is -0.0294. The molecule has 0 saturated carbocycles. The van der Waals surface area contributed by atoms with E-state index in [1.165, 1.54) is 0 Å². The fourth-order valence-electron chi connectivity index (χ4n) is 1.72. The van der Waals surface area contributed by atoms with Gasteiger partial charge >= 0.3 is 0 Å². The predicted octanol–water partition coefficient (Wildman–Crippen LogP) is 1.38. The Bertz CT molecular complexity index is 559. The van der Waals surface area contributed by atoms with Gasteiger partial charge in [0.05, 0.1) is 6.42 Å². The standard InChI is InChI=1S/C13H18N4O.ClH/c1-13(2,14)8-17-11(18)6-9-7-16-12-10(9)4-3-5-15-12;/h3-5,7H,6,8,14H2,1-2H3,(H,15,16)(H,17,18);1H.